The van der Waals surface area contributed by atoms with Gasteiger partial charge in [0.25, 0.3) is 0 Å². The van der Waals surface area contributed by atoms with Gasteiger partial charge < -0.3 is 4.57 Å². The molecule has 0 spiro atoms. The van der Waals surface area contributed by atoms with Gasteiger partial charge in [0, 0.05) is 33.7 Å². The maximum atomic E-state index is 6.05. The molecule has 0 unspecified atom stereocenters. The number of benzene rings is 2. The minimum absolute atomic E-state index is 0.768. The number of fused-ring (bicyclic) bond motifs is 1. The largest absolute Gasteiger partial charge is 0.343 e. The van der Waals surface area contributed by atoms with Gasteiger partial charge in [0.1, 0.15) is 0 Å². The summed E-state index contributed by atoms with van der Waals surface area (Å²) >= 11 is 12.0. The normalized spacial score (nSPS) is 11.1. The Kier molecular flexibility index (Phi) is 3.26. The van der Waals surface area contributed by atoms with Crippen LogP contribution in [-0.2, 0) is 6.54 Å². The summed E-state index contributed by atoms with van der Waals surface area (Å²) in [6, 6.07) is 14.0. The number of rotatable bonds is 2. The van der Waals surface area contributed by atoms with Crippen molar-refractivity contribution in [3.63, 3.8) is 0 Å². The molecule has 0 aliphatic rings. The Labute approximate surface area is 122 Å². The zero-order valence-electron chi connectivity index (χ0n) is 10.5. The highest BCUT2D eigenvalue weighted by molar-refractivity contribution is 6.31. The Morgan fingerprint density at radius 1 is 0.947 bits per heavy atom. The third kappa shape index (κ3) is 2.49. The van der Waals surface area contributed by atoms with Crippen LogP contribution >= 0.6 is 23.2 Å². The van der Waals surface area contributed by atoms with E-state index >= 15 is 0 Å². The third-order valence-corrected chi connectivity index (χ3v) is 3.80. The summed E-state index contributed by atoms with van der Waals surface area (Å²) in [5.41, 5.74) is 3.68. The fourth-order valence-electron chi connectivity index (χ4n) is 2.36. The molecule has 1 heterocycles. The zero-order chi connectivity index (χ0) is 13.4. The Morgan fingerprint density at radius 2 is 1.63 bits per heavy atom. The van der Waals surface area contributed by atoms with E-state index in [2.05, 4.69) is 35.9 Å². The summed E-state index contributed by atoms with van der Waals surface area (Å²) < 4.78 is 2.24. The van der Waals surface area contributed by atoms with Gasteiger partial charge >= 0.3 is 0 Å². The van der Waals surface area contributed by atoms with Crippen LogP contribution in [0.15, 0.2) is 48.7 Å². The Bertz CT molecular complexity index is 726. The van der Waals surface area contributed by atoms with Crippen molar-refractivity contribution in [3.8, 4) is 0 Å². The molecule has 0 aliphatic carbocycles. The molecule has 19 heavy (non-hydrogen) atoms. The first-order chi connectivity index (χ1) is 9.13. The fraction of sp³-hybridized carbons (Fsp3) is 0.125. The van der Waals surface area contributed by atoms with Crippen molar-refractivity contribution in [2.24, 2.45) is 0 Å². The summed E-state index contributed by atoms with van der Waals surface area (Å²) in [5.74, 6) is 0. The van der Waals surface area contributed by atoms with Crippen molar-refractivity contribution in [3.05, 3.63) is 69.8 Å². The van der Waals surface area contributed by atoms with Crippen molar-refractivity contribution in [1.82, 2.24) is 4.57 Å². The standard InChI is InChI=1S/C16H13Cl2N/c1-11-9-19(10-12-2-4-13(17)5-3-12)16-7-6-14(18)8-15(11)16/h2-9H,10H2,1H3. The summed E-state index contributed by atoms with van der Waals surface area (Å²) in [4.78, 5) is 0. The third-order valence-electron chi connectivity index (χ3n) is 3.31. The molecular formula is C16H13Cl2N. The first-order valence-corrected chi connectivity index (χ1v) is 6.88. The van der Waals surface area contributed by atoms with Gasteiger partial charge in [-0.3, -0.25) is 0 Å². The van der Waals surface area contributed by atoms with E-state index in [-0.39, 0.29) is 0 Å². The van der Waals surface area contributed by atoms with Crippen molar-refractivity contribution in [2.75, 3.05) is 0 Å². The predicted molar refractivity (Wildman–Crippen MR) is 82.2 cm³/mol. The van der Waals surface area contributed by atoms with Gasteiger partial charge in [0.2, 0.25) is 0 Å². The van der Waals surface area contributed by atoms with Crippen LogP contribution in [-0.4, -0.2) is 4.57 Å². The molecule has 2 aromatic carbocycles. The number of aromatic nitrogens is 1. The van der Waals surface area contributed by atoms with Crippen molar-refractivity contribution >= 4 is 34.1 Å². The summed E-state index contributed by atoms with van der Waals surface area (Å²) in [6.07, 6.45) is 2.16. The van der Waals surface area contributed by atoms with E-state index < -0.39 is 0 Å². The SMILES string of the molecule is Cc1cn(Cc2ccc(Cl)cc2)c2ccc(Cl)cc12. The second-order valence-corrected chi connectivity index (χ2v) is 5.60. The van der Waals surface area contributed by atoms with E-state index in [1.165, 1.54) is 22.0 Å². The van der Waals surface area contributed by atoms with Gasteiger partial charge in [-0.25, -0.2) is 0 Å². The maximum absolute atomic E-state index is 6.05. The molecule has 0 saturated carbocycles. The first-order valence-electron chi connectivity index (χ1n) is 6.13. The van der Waals surface area contributed by atoms with Crippen LogP contribution in [0, 0.1) is 6.92 Å². The van der Waals surface area contributed by atoms with E-state index in [4.69, 9.17) is 23.2 Å². The average molecular weight is 290 g/mol. The number of nitrogens with zero attached hydrogens (tertiary/aromatic N) is 1. The van der Waals surface area contributed by atoms with Crippen LogP contribution in [0.4, 0.5) is 0 Å². The van der Waals surface area contributed by atoms with E-state index in [1.807, 2.05) is 24.3 Å². The van der Waals surface area contributed by atoms with Crippen LogP contribution in [0.2, 0.25) is 10.0 Å². The maximum Gasteiger partial charge on any atom is 0.0487 e. The predicted octanol–water partition coefficient (Wildman–Crippen LogP) is 5.30. The molecule has 0 bridgehead atoms. The molecule has 0 amide bonds. The monoisotopic (exact) mass is 289 g/mol. The molecule has 3 aromatic rings. The highest BCUT2D eigenvalue weighted by Crippen LogP contribution is 2.25. The molecule has 0 N–H and O–H groups in total. The van der Waals surface area contributed by atoms with Gasteiger partial charge in [-0.1, -0.05) is 35.3 Å². The van der Waals surface area contributed by atoms with E-state index in [1.54, 1.807) is 0 Å². The van der Waals surface area contributed by atoms with Gasteiger partial charge in [0.05, 0.1) is 0 Å². The van der Waals surface area contributed by atoms with Gasteiger partial charge in [-0.05, 0) is 48.4 Å². The van der Waals surface area contributed by atoms with Crippen LogP contribution in [0.3, 0.4) is 0 Å². The Hall–Kier alpha value is -1.44. The Balaban J connectivity index is 2.03. The number of halogens is 2. The quantitative estimate of drug-likeness (QED) is 0.603. The highest BCUT2D eigenvalue weighted by Gasteiger charge is 2.06. The van der Waals surface area contributed by atoms with Crippen molar-refractivity contribution in [2.45, 2.75) is 13.5 Å². The molecule has 0 radical (unpaired) electrons. The molecular weight excluding hydrogens is 277 g/mol. The van der Waals surface area contributed by atoms with Crippen molar-refractivity contribution < 1.29 is 0 Å². The number of hydrogen-bond donors (Lipinski definition) is 0. The second kappa shape index (κ2) is 4.92. The number of hydrogen-bond acceptors (Lipinski definition) is 0. The molecule has 96 valence electrons. The van der Waals surface area contributed by atoms with E-state index in [9.17, 15) is 0 Å². The Morgan fingerprint density at radius 3 is 2.37 bits per heavy atom. The fourth-order valence-corrected chi connectivity index (χ4v) is 2.66. The molecule has 3 rings (SSSR count). The van der Waals surface area contributed by atoms with E-state index in [0.717, 1.165) is 16.6 Å². The zero-order valence-corrected chi connectivity index (χ0v) is 12.0. The minimum atomic E-state index is 0.768. The molecule has 3 heteroatoms. The van der Waals surface area contributed by atoms with Gasteiger partial charge in [-0.2, -0.15) is 0 Å². The second-order valence-electron chi connectivity index (χ2n) is 4.73. The van der Waals surface area contributed by atoms with Gasteiger partial charge in [-0.15, -0.1) is 0 Å². The summed E-state index contributed by atoms with van der Waals surface area (Å²) in [7, 11) is 0. The molecule has 0 saturated heterocycles. The molecule has 0 atom stereocenters. The van der Waals surface area contributed by atoms with Crippen LogP contribution in [0.5, 0.6) is 0 Å². The molecule has 1 nitrogen and oxygen atoms in total. The topological polar surface area (TPSA) is 4.93 Å². The van der Waals surface area contributed by atoms with Gasteiger partial charge in [0.15, 0.2) is 0 Å². The first kappa shape index (κ1) is 12.6. The minimum Gasteiger partial charge on any atom is -0.343 e. The lowest BCUT2D eigenvalue weighted by Crippen LogP contribution is -1.97. The highest BCUT2D eigenvalue weighted by atomic mass is 35.5. The van der Waals surface area contributed by atoms with Crippen molar-refractivity contribution in [1.29, 1.82) is 0 Å². The smallest absolute Gasteiger partial charge is 0.0487 e. The summed E-state index contributed by atoms with van der Waals surface area (Å²) in [5, 5.41) is 2.75. The van der Waals surface area contributed by atoms with Crippen LogP contribution < -0.4 is 0 Å². The lowest BCUT2D eigenvalue weighted by Gasteiger charge is -2.06. The molecule has 1 aromatic heterocycles. The van der Waals surface area contributed by atoms with Crippen LogP contribution in [0.25, 0.3) is 10.9 Å². The molecule has 0 fully saturated rings. The van der Waals surface area contributed by atoms with Crippen LogP contribution in [0.1, 0.15) is 11.1 Å². The molecule has 0 aliphatic heterocycles. The van der Waals surface area contributed by atoms with E-state index in [0.29, 0.717) is 0 Å². The lowest BCUT2D eigenvalue weighted by molar-refractivity contribution is 0.834. The summed E-state index contributed by atoms with van der Waals surface area (Å²) in [6.45, 7) is 2.94. The average Bonchev–Trinajstić information content (AvgIpc) is 2.69. The number of aryl methyl sites for hydroxylation is 1. The lowest BCUT2D eigenvalue weighted by atomic mass is 10.2.